The zero-order valence-electron chi connectivity index (χ0n) is 20.7. The number of nitrogens with zero attached hydrogens (tertiary/aromatic N) is 2. The van der Waals surface area contributed by atoms with Crippen LogP contribution in [0.1, 0.15) is 42.0 Å². The summed E-state index contributed by atoms with van der Waals surface area (Å²) in [4.78, 5) is 0. The molecular formula is C32H29N2+. The van der Waals surface area contributed by atoms with Gasteiger partial charge in [0.1, 0.15) is 7.05 Å². The number of benzene rings is 4. The third kappa shape index (κ3) is 2.28. The van der Waals surface area contributed by atoms with Gasteiger partial charge in [-0.1, -0.05) is 61.9 Å². The molecule has 0 aliphatic heterocycles. The number of rotatable bonds is 1. The number of pyridine rings is 2. The van der Waals surface area contributed by atoms with E-state index in [1.165, 1.54) is 82.0 Å². The van der Waals surface area contributed by atoms with Gasteiger partial charge in [-0.15, -0.1) is 0 Å². The highest BCUT2D eigenvalue weighted by Gasteiger charge is 2.26. The predicted octanol–water partition coefficient (Wildman–Crippen LogP) is 8.02. The van der Waals surface area contributed by atoms with Crippen LogP contribution in [0.25, 0.3) is 59.8 Å². The van der Waals surface area contributed by atoms with Gasteiger partial charge in [0.25, 0.3) is 0 Å². The SMILES string of the molecule is Cc1ccc2c(C)c3c(c(C)c2c1)n1c2cc(C(C)C)ccc2c2ccc4cc[n+](C)c3c4c21. The van der Waals surface area contributed by atoms with Crippen molar-refractivity contribution in [2.75, 3.05) is 0 Å². The average molecular weight is 442 g/mol. The standard InChI is InChI=1S/C32H29N2/c1-17(2)22-9-11-24-25-12-8-21-13-14-33(6)32-28-19(4)23-10-7-18(3)15-26(23)20(5)30(28)34(27(24)16-22)31(25)29(21)32/h7-17H,1-6H3/q+1. The molecule has 0 saturated carbocycles. The molecule has 0 N–H and O–H groups in total. The van der Waals surface area contributed by atoms with Gasteiger partial charge in [-0.05, 0) is 65.6 Å². The van der Waals surface area contributed by atoms with E-state index in [0.29, 0.717) is 5.92 Å². The highest BCUT2D eigenvalue weighted by atomic mass is 15.0. The van der Waals surface area contributed by atoms with Crippen molar-refractivity contribution >= 4 is 59.8 Å². The highest BCUT2D eigenvalue weighted by Crippen LogP contribution is 2.44. The Morgan fingerprint density at radius 2 is 1.47 bits per heavy atom. The molecule has 0 radical (unpaired) electrons. The molecule has 4 aromatic carbocycles. The van der Waals surface area contributed by atoms with Crippen molar-refractivity contribution in [2.45, 2.75) is 40.5 Å². The Labute approximate surface area is 199 Å². The maximum atomic E-state index is 2.59. The van der Waals surface area contributed by atoms with Gasteiger partial charge < -0.3 is 4.40 Å². The van der Waals surface area contributed by atoms with Crippen molar-refractivity contribution in [3.63, 3.8) is 0 Å². The minimum Gasteiger partial charge on any atom is -0.307 e. The van der Waals surface area contributed by atoms with E-state index in [1.807, 2.05) is 0 Å². The van der Waals surface area contributed by atoms with Gasteiger partial charge in [0.05, 0.1) is 27.3 Å². The molecule has 0 unspecified atom stereocenters. The maximum Gasteiger partial charge on any atom is 0.224 e. The summed E-state index contributed by atoms with van der Waals surface area (Å²) in [6, 6.07) is 20.9. The Bertz CT molecular complexity index is 1970. The van der Waals surface area contributed by atoms with E-state index in [1.54, 1.807) is 0 Å². The van der Waals surface area contributed by atoms with Crippen LogP contribution in [-0.2, 0) is 7.05 Å². The second kappa shape index (κ2) is 6.48. The number of hydrogen-bond donors (Lipinski definition) is 0. The molecule has 7 aromatic rings. The molecule has 3 heterocycles. The quantitative estimate of drug-likeness (QED) is 0.138. The molecule has 0 amide bonds. The van der Waals surface area contributed by atoms with Crippen LogP contribution < -0.4 is 4.57 Å². The van der Waals surface area contributed by atoms with E-state index in [4.69, 9.17) is 0 Å². The fourth-order valence-electron chi connectivity index (χ4n) is 6.35. The second-order valence-electron chi connectivity index (χ2n) is 10.5. The Morgan fingerprint density at radius 1 is 0.706 bits per heavy atom. The van der Waals surface area contributed by atoms with E-state index in [0.717, 1.165) is 0 Å². The van der Waals surface area contributed by atoms with Crippen LogP contribution in [-0.4, -0.2) is 4.40 Å². The van der Waals surface area contributed by atoms with Gasteiger partial charge >= 0.3 is 0 Å². The first-order valence-corrected chi connectivity index (χ1v) is 12.3. The largest absolute Gasteiger partial charge is 0.307 e. The van der Waals surface area contributed by atoms with Gasteiger partial charge in [-0.25, -0.2) is 4.57 Å². The van der Waals surface area contributed by atoms with Crippen molar-refractivity contribution < 1.29 is 4.57 Å². The lowest BCUT2D eigenvalue weighted by atomic mass is 9.92. The number of fused-ring (bicyclic) bond motifs is 7. The Kier molecular flexibility index (Phi) is 3.77. The molecule has 166 valence electrons. The smallest absolute Gasteiger partial charge is 0.224 e. The average Bonchev–Trinajstić information content (AvgIpc) is 3.16. The number of aryl methyl sites for hydroxylation is 4. The molecule has 2 nitrogen and oxygen atoms in total. The third-order valence-corrected chi connectivity index (χ3v) is 8.13. The number of hydrogen-bond acceptors (Lipinski definition) is 0. The monoisotopic (exact) mass is 441 g/mol. The second-order valence-corrected chi connectivity index (χ2v) is 10.5. The first kappa shape index (κ1) is 19.8. The molecule has 7 rings (SSSR count). The summed E-state index contributed by atoms with van der Waals surface area (Å²) < 4.78 is 4.92. The highest BCUT2D eigenvalue weighted by molar-refractivity contribution is 6.28. The van der Waals surface area contributed by atoms with Gasteiger partial charge in [-0.2, -0.15) is 0 Å². The van der Waals surface area contributed by atoms with Crippen LogP contribution in [0.4, 0.5) is 0 Å². The van der Waals surface area contributed by atoms with Crippen molar-refractivity contribution in [3.05, 3.63) is 83.0 Å². The Morgan fingerprint density at radius 3 is 2.26 bits per heavy atom. The summed E-state index contributed by atoms with van der Waals surface area (Å²) in [7, 11) is 2.20. The zero-order chi connectivity index (χ0) is 23.5. The lowest BCUT2D eigenvalue weighted by Gasteiger charge is -2.17. The van der Waals surface area contributed by atoms with Gasteiger partial charge in [0.2, 0.25) is 5.52 Å². The minimum absolute atomic E-state index is 0.491. The van der Waals surface area contributed by atoms with Crippen molar-refractivity contribution in [1.29, 1.82) is 0 Å². The summed E-state index contributed by atoms with van der Waals surface area (Å²) in [6.45, 7) is 11.4. The number of aromatic nitrogens is 2. The molecule has 0 atom stereocenters. The molecule has 0 aliphatic carbocycles. The van der Waals surface area contributed by atoms with Gasteiger partial charge in [0, 0.05) is 16.8 Å². The summed E-state index contributed by atoms with van der Waals surface area (Å²) in [5, 5.41) is 9.45. The van der Waals surface area contributed by atoms with Crippen LogP contribution in [0.3, 0.4) is 0 Å². The normalized spacial score (nSPS) is 12.7. The molecule has 2 heteroatoms. The first-order chi connectivity index (χ1) is 16.4. The molecular weight excluding hydrogens is 412 g/mol. The van der Waals surface area contributed by atoms with Crippen molar-refractivity contribution in [2.24, 2.45) is 7.05 Å². The molecule has 0 aliphatic rings. The zero-order valence-corrected chi connectivity index (χ0v) is 20.7. The van der Waals surface area contributed by atoms with Gasteiger partial charge in [-0.3, -0.25) is 0 Å². The lowest BCUT2D eigenvalue weighted by molar-refractivity contribution is -0.643. The molecule has 34 heavy (non-hydrogen) atoms. The molecule has 0 saturated heterocycles. The fraction of sp³-hybridized carbons (Fsp3) is 0.219. The third-order valence-electron chi connectivity index (χ3n) is 8.13. The predicted molar refractivity (Wildman–Crippen MR) is 146 cm³/mol. The molecule has 0 bridgehead atoms. The van der Waals surface area contributed by atoms with Crippen LogP contribution in [0, 0.1) is 20.8 Å². The molecule has 0 spiro atoms. The lowest BCUT2D eigenvalue weighted by Crippen LogP contribution is -2.29. The summed E-state index contributed by atoms with van der Waals surface area (Å²) in [5.41, 5.74) is 10.8. The van der Waals surface area contributed by atoms with E-state index in [9.17, 15) is 0 Å². The Hall–Kier alpha value is -3.65. The Balaban J connectivity index is 1.93. The first-order valence-electron chi connectivity index (χ1n) is 12.3. The van der Waals surface area contributed by atoms with Crippen LogP contribution >= 0.6 is 0 Å². The van der Waals surface area contributed by atoms with Gasteiger partial charge in [0.15, 0.2) is 6.20 Å². The topological polar surface area (TPSA) is 8.29 Å². The maximum absolute atomic E-state index is 2.59. The van der Waals surface area contributed by atoms with E-state index >= 15 is 0 Å². The van der Waals surface area contributed by atoms with Crippen LogP contribution in [0.2, 0.25) is 0 Å². The van der Waals surface area contributed by atoms with Crippen LogP contribution in [0.15, 0.2) is 60.8 Å². The van der Waals surface area contributed by atoms with E-state index < -0.39 is 0 Å². The van der Waals surface area contributed by atoms with E-state index in [2.05, 4.69) is 111 Å². The molecule has 3 aromatic heterocycles. The summed E-state index contributed by atoms with van der Waals surface area (Å²) >= 11 is 0. The van der Waals surface area contributed by atoms with Crippen molar-refractivity contribution in [3.8, 4) is 0 Å². The van der Waals surface area contributed by atoms with Crippen molar-refractivity contribution in [1.82, 2.24) is 4.40 Å². The minimum atomic E-state index is 0.491. The fourth-order valence-corrected chi connectivity index (χ4v) is 6.35. The van der Waals surface area contributed by atoms with E-state index in [-0.39, 0.29) is 0 Å². The summed E-state index contributed by atoms with van der Waals surface area (Å²) in [5.74, 6) is 0.491. The summed E-state index contributed by atoms with van der Waals surface area (Å²) in [6.07, 6.45) is 2.22. The molecule has 0 fully saturated rings. The van der Waals surface area contributed by atoms with Crippen LogP contribution in [0.5, 0.6) is 0 Å².